The van der Waals surface area contributed by atoms with Crippen LogP contribution < -0.4 is 5.32 Å². The molecule has 0 bridgehead atoms. The number of para-hydroxylation sites is 2. The number of H-pyrrole nitrogens is 1. The van der Waals surface area contributed by atoms with Gasteiger partial charge in [0.1, 0.15) is 5.82 Å². The van der Waals surface area contributed by atoms with E-state index in [1.54, 1.807) is 0 Å². The lowest BCUT2D eigenvalue weighted by Crippen LogP contribution is -2.17. The van der Waals surface area contributed by atoms with Crippen molar-refractivity contribution in [2.45, 2.75) is 19.9 Å². The van der Waals surface area contributed by atoms with Crippen molar-refractivity contribution < 1.29 is 0 Å². The van der Waals surface area contributed by atoms with E-state index in [0.717, 1.165) is 36.4 Å². The molecular weight excluding hydrogens is 246 g/mol. The van der Waals surface area contributed by atoms with Crippen LogP contribution in [-0.2, 0) is 13.0 Å². The first-order valence-corrected chi connectivity index (χ1v) is 7.01. The van der Waals surface area contributed by atoms with Crippen LogP contribution in [0.15, 0.2) is 48.5 Å². The second kappa shape index (κ2) is 5.88. The average Bonchev–Trinajstić information content (AvgIpc) is 2.86. The lowest BCUT2D eigenvalue weighted by atomic mass is 10.1. The predicted molar refractivity (Wildman–Crippen MR) is 82.7 cm³/mol. The fourth-order valence-electron chi connectivity index (χ4n) is 2.39. The van der Waals surface area contributed by atoms with E-state index in [9.17, 15) is 0 Å². The molecule has 0 aliphatic rings. The number of rotatable bonds is 5. The lowest BCUT2D eigenvalue weighted by Gasteiger charge is -2.04. The number of hydrogen-bond acceptors (Lipinski definition) is 2. The van der Waals surface area contributed by atoms with Gasteiger partial charge >= 0.3 is 0 Å². The van der Waals surface area contributed by atoms with Crippen LogP contribution in [0, 0.1) is 6.92 Å². The van der Waals surface area contributed by atoms with Gasteiger partial charge in [-0.1, -0.05) is 42.0 Å². The minimum absolute atomic E-state index is 0.905. The van der Waals surface area contributed by atoms with Gasteiger partial charge in [-0.2, -0.15) is 0 Å². The molecule has 0 unspecified atom stereocenters. The molecule has 3 rings (SSSR count). The Bertz CT molecular complexity index is 667. The van der Waals surface area contributed by atoms with Crippen LogP contribution in [0.25, 0.3) is 11.0 Å². The Morgan fingerprint density at radius 2 is 2.00 bits per heavy atom. The van der Waals surface area contributed by atoms with E-state index < -0.39 is 0 Å². The van der Waals surface area contributed by atoms with Gasteiger partial charge in [-0.15, -0.1) is 0 Å². The highest BCUT2D eigenvalue weighted by Crippen LogP contribution is 2.10. The second-order valence-electron chi connectivity index (χ2n) is 5.12. The highest BCUT2D eigenvalue weighted by molar-refractivity contribution is 5.74. The van der Waals surface area contributed by atoms with E-state index in [2.05, 4.69) is 52.5 Å². The zero-order valence-corrected chi connectivity index (χ0v) is 11.7. The number of aromatic nitrogens is 2. The largest absolute Gasteiger partial charge is 0.342 e. The quantitative estimate of drug-likeness (QED) is 0.695. The monoisotopic (exact) mass is 265 g/mol. The number of nitrogens with one attached hydrogen (secondary N) is 2. The van der Waals surface area contributed by atoms with Gasteiger partial charge in [0.25, 0.3) is 0 Å². The first-order valence-electron chi connectivity index (χ1n) is 7.01. The smallest absolute Gasteiger partial charge is 0.108 e. The number of aromatic amines is 1. The Balaban J connectivity index is 1.52. The van der Waals surface area contributed by atoms with Gasteiger partial charge in [-0.25, -0.2) is 4.98 Å². The molecule has 102 valence electrons. The van der Waals surface area contributed by atoms with Crippen LogP contribution >= 0.6 is 0 Å². The van der Waals surface area contributed by atoms with Crippen LogP contribution in [0.2, 0.25) is 0 Å². The third-order valence-electron chi connectivity index (χ3n) is 3.39. The van der Waals surface area contributed by atoms with Gasteiger partial charge in [-0.05, 0) is 24.6 Å². The van der Waals surface area contributed by atoms with E-state index >= 15 is 0 Å². The van der Waals surface area contributed by atoms with Crippen molar-refractivity contribution in [1.82, 2.24) is 15.3 Å². The van der Waals surface area contributed by atoms with Gasteiger partial charge < -0.3 is 10.3 Å². The normalized spacial score (nSPS) is 11.1. The Morgan fingerprint density at radius 1 is 1.10 bits per heavy atom. The van der Waals surface area contributed by atoms with Gasteiger partial charge in [-0.3, -0.25) is 0 Å². The molecule has 1 heterocycles. The molecule has 0 spiro atoms. The molecule has 2 aromatic carbocycles. The zero-order chi connectivity index (χ0) is 13.8. The fourth-order valence-corrected chi connectivity index (χ4v) is 2.39. The number of imidazole rings is 1. The molecule has 0 radical (unpaired) electrons. The molecule has 0 saturated carbocycles. The van der Waals surface area contributed by atoms with Gasteiger partial charge in [0, 0.05) is 19.5 Å². The minimum atomic E-state index is 0.905. The summed E-state index contributed by atoms with van der Waals surface area (Å²) < 4.78 is 0. The maximum Gasteiger partial charge on any atom is 0.108 e. The molecule has 0 atom stereocenters. The molecular formula is C17H19N3. The SMILES string of the molecule is Cc1cccc(CNCCc2nc3ccccc3[nH]2)c1. The van der Waals surface area contributed by atoms with E-state index in [-0.39, 0.29) is 0 Å². The van der Waals surface area contributed by atoms with Crippen molar-refractivity contribution >= 4 is 11.0 Å². The molecule has 0 aliphatic heterocycles. The van der Waals surface area contributed by atoms with Crippen molar-refractivity contribution in [2.75, 3.05) is 6.54 Å². The van der Waals surface area contributed by atoms with Crippen molar-refractivity contribution in [3.63, 3.8) is 0 Å². The summed E-state index contributed by atoms with van der Waals surface area (Å²) in [6, 6.07) is 16.7. The van der Waals surface area contributed by atoms with Crippen molar-refractivity contribution in [2.24, 2.45) is 0 Å². The molecule has 3 heteroatoms. The molecule has 3 aromatic rings. The number of aryl methyl sites for hydroxylation is 1. The molecule has 2 N–H and O–H groups in total. The first kappa shape index (κ1) is 12.9. The van der Waals surface area contributed by atoms with E-state index in [4.69, 9.17) is 0 Å². The summed E-state index contributed by atoms with van der Waals surface area (Å²) in [5, 5.41) is 3.46. The number of nitrogens with zero attached hydrogens (tertiary/aromatic N) is 1. The van der Waals surface area contributed by atoms with Crippen molar-refractivity contribution in [3.8, 4) is 0 Å². The van der Waals surface area contributed by atoms with Crippen LogP contribution in [0.4, 0.5) is 0 Å². The van der Waals surface area contributed by atoms with Crippen molar-refractivity contribution in [1.29, 1.82) is 0 Å². The number of fused-ring (bicyclic) bond motifs is 1. The summed E-state index contributed by atoms with van der Waals surface area (Å²) in [6.07, 6.45) is 0.917. The Kier molecular flexibility index (Phi) is 3.79. The third-order valence-corrected chi connectivity index (χ3v) is 3.39. The fraction of sp³-hybridized carbons (Fsp3) is 0.235. The van der Waals surface area contributed by atoms with Crippen LogP contribution in [0.5, 0.6) is 0 Å². The summed E-state index contributed by atoms with van der Waals surface area (Å²) in [6.45, 7) is 3.95. The van der Waals surface area contributed by atoms with Crippen molar-refractivity contribution in [3.05, 3.63) is 65.5 Å². The molecule has 20 heavy (non-hydrogen) atoms. The lowest BCUT2D eigenvalue weighted by molar-refractivity contribution is 0.674. The Morgan fingerprint density at radius 3 is 2.85 bits per heavy atom. The zero-order valence-electron chi connectivity index (χ0n) is 11.7. The predicted octanol–water partition coefficient (Wildman–Crippen LogP) is 3.20. The number of hydrogen-bond donors (Lipinski definition) is 2. The molecule has 1 aromatic heterocycles. The Hall–Kier alpha value is -2.13. The van der Waals surface area contributed by atoms with Crippen LogP contribution in [-0.4, -0.2) is 16.5 Å². The standard InChI is InChI=1S/C17H19N3/c1-13-5-4-6-14(11-13)12-18-10-9-17-19-15-7-2-3-8-16(15)20-17/h2-8,11,18H,9-10,12H2,1H3,(H,19,20). The van der Waals surface area contributed by atoms with E-state index in [0.29, 0.717) is 0 Å². The molecule has 0 aliphatic carbocycles. The first-order chi connectivity index (χ1) is 9.81. The van der Waals surface area contributed by atoms with Gasteiger partial charge in [0.15, 0.2) is 0 Å². The van der Waals surface area contributed by atoms with E-state index in [1.165, 1.54) is 11.1 Å². The maximum absolute atomic E-state index is 4.58. The summed E-state index contributed by atoms with van der Waals surface area (Å²) in [7, 11) is 0. The molecule has 0 saturated heterocycles. The van der Waals surface area contributed by atoms with Gasteiger partial charge in [0.2, 0.25) is 0 Å². The topological polar surface area (TPSA) is 40.7 Å². The third kappa shape index (κ3) is 3.06. The highest BCUT2D eigenvalue weighted by Gasteiger charge is 2.01. The van der Waals surface area contributed by atoms with Crippen LogP contribution in [0.3, 0.4) is 0 Å². The maximum atomic E-state index is 4.58. The second-order valence-corrected chi connectivity index (χ2v) is 5.12. The number of benzene rings is 2. The highest BCUT2D eigenvalue weighted by atomic mass is 14.9. The average molecular weight is 265 g/mol. The van der Waals surface area contributed by atoms with E-state index in [1.807, 2.05) is 18.2 Å². The molecule has 0 amide bonds. The summed E-state index contributed by atoms with van der Waals surface area (Å²) in [5.74, 6) is 1.04. The minimum Gasteiger partial charge on any atom is -0.342 e. The summed E-state index contributed by atoms with van der Waals surface area (Å²) in [5.41, 5.74) is 4.79. The molecule has 3 nitrogen and oxygen atoms in total. The summed E-state index contributed by atoms with van der Waals surface area (Å²) >= 11 is 0. The van der Waals surface area contributed by atoms with Crippen LogP contribution in [0.1, 0.15) is 17.0 Å². The van der Waals surface area contributed by atoms with Gasteiger partial charge in [0.05, 0.1) is 11.0 Å². The Labute approximate surface area is 119 Å². The summed E-state index contributed by atoms with van der Waals surface area (Å²) in [4.78, 5) is 7.93. The molecule has 0 fully saturated rings.